The second-order valence-electron chi connectivity index (χ2n) is 7.75. The third-order valence-corrected chi connectivity index (χ3v) is 7.14. The highest BCUT2D eigenvalue weighted by atomic mass is 79.9. The molecule has 1 aromatic heterocycles. The quantitative estimate of drug-likeness (QED) is 0.692. The molecule has 2 atom stereocenters. The summed E-state index contributed by atoms with van der Waals surface area (Å²) in [5.41, 5.74) is 3.31. The summed E-state index contributed by atoms with van der Waals surface area (Å²) in [7, 11) is 0. The molecule has 2 aliphatic carbocycles. The fraction of sp³-hybridized carbons (Fsp3) is 0.526. The molecule has 3 aliphatic rings. The molecule has 0 spiro atoms. The van der Waals surface area contributed by atoms with Gasteiger partial charge in [-0.1, -0.05) is 22.4 Å². The van der Waals surface area contributed by atoms with Gasteiger partial charge >= 0.3 is 0 Å². The molecular weight excluding hydrogens is 401 g/mol. The van der Waals surface area contributed by atoms with E-state index >= 15 is 0 Å². The van der Waals surface area contributed by atoms with E-state index < -0.39 is 0 Å². The Morgan fingerprint density at radius 1 is 1.40 bits per heavy atom. The van der Waals surface area contributed by atoms with Crippen molar-refractivity contribution in [2.75, 3.05) is 6.54 Å². The summed E-state index contributed by atoms with van der Waals surface area (Å²) in [6.07, 6.45) is 5.95. The fourth-order valence-corrected chi connectivity index (χ4v) is 5.32. The van der Waals surface area contributed by atoms with E-state index in [1.165, 1.54) is 30.7 Å². The van der Waals surface area contributed by atoms with Gasteiger partial charge in [0.1, 0.15) is 5.82 Å². The van der Waals surface area contributed by atoms with Crippen molar-refractivity contribution in [3.8, 4) is 0 Å². The topological polar surface area (TPSA) is 32.8 Å². The van der Waals surface area contributed by atoms with Crippen molar-refractivity contribution in [2.24, 2.45) is 0 Å². The summed E-state index contributed by atoms with van der Waals surface area (Å²) < 4.78 is 18.4. The minimum absolute atomic E-state index is 0.0952. The molecule has 1 aromatic carbocycles. The summed E-state index contributed by atoms with van der Waals surface area (Å²) in [5, 5.41) is 3.62. The molecule has 2 saturated carbocycles. The molecule has 0 saturated heterocycles. The third kappa shape index (κ3) is 2.48. The summed E-state index contributed by atoms with van der Waals surface area (Å²) in [4.78, 5) is 3.41. The minimum atomic E-state index is -0.0976. The van der Waals surface area contributed by atoms with Gasteiger partial charge in [-0.2, -0.15) is 0 Å². The Labute approximate surface area is 160 Å². The van der Waals surface area contributed by atoms with Crippen molar-refractivity contribution in [2.45, 2.75) is 56.0 Å². The van der Waals surface area contributed by atoms with Gasteiger partial charge in [0, 0.05) is 52.7 Å². The van der Waals surface area contributed by atoms with E-state index in [0.717, 1.165) is 40.7 Å². The van der Waals surface area contributed by atoms with Crippen LogP contribution in [0, 0.1) is 10.6 Å². The molecule has 6 heteroatoms. The first-order valence-corrected chi connectivity index (χ1v) is 10.3. The highest BCUT2D eigenvalue weighted by Crippen LogP contribution is 2.66. The average molecular weight is 422 g/mol. The van der Waals surface area contributed by atoms with Crippen LogP contribution in [0.2, 0.25) is 0 Å². The normalized spacial score (nSPS) is 27.0. The number of benzene rings is 1. The van der Waals surface area contributed by atoms with E-state index in [0.29, 0.717) is 12.0 Å². The molecule has 0 amide bonds. The zero-order valence-electron chi connectivity index (χ0n) is 13.9. The van der Waals surface area contributed by atoms with Crippen LogP contribution in [-0.4, -0.2) is 22.1 Å². The molecule has 25 heavy (non-hydrogen) atoms. The number of hydrogen-bond acceptors (Lipinski definition) is 2. The smallest absolute Gasteiger partial charge is 0.177 e. The lowest BCUT2D eigenvalue weighted by atomic mass is 9.93. The number of aromatic amines is 1. The Bertz CT molecular complexity index is 901. The molecule has 5 rings (SSSR count). The average Bonchev–Trinajstić information content (AvgIpc) is 3.04. The van der Waals surface area contributed by atoms with Gasteiger partial charge in [0.25, 0.3) is 0 Å². The SMILES string of the molecule is Fc1ccc(Br)cc1[C@]12CC1c1c(CCNC3CCC3)[nH]c(=S)n1C2. The van der Waals surface area contributed by atoms with E-state index in [4.69, 9.17) is 12.2 Å². The Morgan fingerprint density at radius 2 is 2.24 bits per heavy atom. The molecular formula is C19H21BrFN3S. The maximum absolute atomic E-state index is 14.5. The van der Waals surface area contributed by atoms with Crippen LogP contribution in [0.5, 0.6) is 0 Å². The number of fused-ring (bicyclic) bond motifs is 3. The van der Waals surface area contributed by atoms with E-state index in [-0.39, 0.29) is 11.2 Å². The maximum Gasteiger partial charge on any atom is 0.177 e. The van der Waals surface area contributed by atoms with Crippen LogP contribution < -0.4 is 5.32 Å². The predicted octanol–water partition coefficient (Wildman–Crippen LogP) is 4.57. The van der Waals surface area contributed by atoms with Crippen LogP contribution in [-0.2, 0) is 18.4 Å². The number of halogens is 2. The van der Waals surface area contributed by atoms with Crippen LogP contribution in [0.3, 0.4) is 0 Å². The first-order valence-electron chi connectivity index (χ1n) is 9.09. The Kier molecular flexibility index (Phi) is 3.74. The molecule has 2 aromatic rings. The van der Waals surface area contributed by atoms with Crippen LogP contribution >= 0.6 is 28.1 Å². The molecule has 3 nitrogen and oxygen atoms in total. The standard InChI is InChI=1S/C19H21BrFN3S/c20-11-4-5-15(21)13(8-11)19-9-14(19)17-16(23-18(25)24(17)10-19)6-7-22-12-2-1-3-12/h4-5,8,12,14,22H,1-3,6-7,9-10H2,(H,23,25)/t14?,19-/m1/s1. The zero-order valence-corrected chi connectivity index (χ0v) is 16.4. The summed E-state index contributed by atoms with van der Waals surface area (Å²) in [6.45, 7) is 1.78. The first-order chi connectivity index (χ1) is 12.1. The molecule has 2 fully saturated rings. The summed E-state index contributed by atoms with van der Waals surface area (Å²) >= 11 is 9.04. The Hall–Kier alpha value is -0.980. The van der Waals surface area contributed by atoms with Gasteiger partial charge in [0.2, 0.25) is 0 Å². The molecule has 2 N–H and O–H groups in total. The number of nitrogens with one attached hydrogen (secondary N) is 2. The monoisotopic (exact) mass is 421 g/mol. The van der Waals surface area contributed by atoms with Crippen molar-refractivity contribution >= 4 is 28.1 Å². The van der Waals surface area contributed by atoms with Crippen LogP contribution in [0.15, 0.2) is 22.7 Å². The highest BCUT2D eigenvalue weighted by Gasteiger charge is 2.63. The van der Waals surface area contributed by atoms with Gasteiger partial charge < -0.3 is 14.9 Å². The van der Waals surface area contributed by atoms with Gasteiger partial charge in [0.15, 0.2) is 4.77 Å². The Morgan fingerprint density at radius 3 is 3.00 bits per heavy atom. The number of H-pyrrole nitrogens is 1. The molecule has 0 radical (unpaired) electrons. The van der Waals surface area contributed by atoms with E-state index in [9.17, 15) is 4.39 Å². The third-order valence-electron chi connectivity index (χ3n) is 6.33. The van der Waals surface area contributed by atoms with Crippen LogP contribution in [0.4, 0.5) is 4.39 Å². The maximum atomic E-state index is 14.5. The lowest BCUT2D eigenvalue weighted by Crippen LogP contribution is -2.36. The highest BCUT2D eigenvalue weighted by molar-refractivity contribution is 9.10. The number of nitrogens with zero attached hydrogens (tertiary/aromatic N) is 1. The van der Waals surface area contributed by atoms with Gasteiger partial charge in [-0.25, -0.2) is 4.39 Å². The second kappa shape index (κ2) is 5.76. The zero-order chi connectivity index (χ0) is 17.2. The lowest BCUT2D eigenvalue weighted by Gasteiger charge is -2.26. The lowest BCUT2D eigenvalue weighted by molar-refractivity contribution is 0.341. The minimum Gasteiger partial charge on any atom is -0.334 e. The van der Waals surface area contributed by atoms with Crippen molar-refractivity contribution in [3.05, 3.63) is 50.2 Å². The number of rotatable bonds is 5. The van der Waals surface area contributed by atoms with Crippen molar-refractivity contribution in [1.29, 1.82) is 0 Å². The predicted molar refractivity (Wildman–Crippen MR) is 102 cm³/mol. The number of aromatic nitrogens is 2. The van der Waals surface area contributed by atoms with Crippen molar-refractivity contribution in [3.63, 3.8) is 0 Å². The van der Waals surface area contributed by atoms with Crippen LogP contribution in [0.1, 0.15) is 48.6 Å². The van der Waals surface area contributed by atoms with Crippen molar-refractivity contribution < 1.29 is 4.39 Å². The molecule has 132 valence electrons. The fourth-order valence-electron chi connectivity index (χ4n) is 4.68. The van der Waals surface area contributed by atoms with Gasteiger partial charge in [-0.3, -0.25) is 0 Å². The number of hydrogen-bond donors (Lipinski definition) is 2. The number of imidazole rings is 1. The first kappa shape index (κ1) is 16.2. The van der Waals surface area contributed by atoms with Gasteiger partial charge in [0.05, 0.1) is 0 Å². The Balaban J connectivity index is 1.41. The van der Waals surface area contributed by atoms with E-state index in [2.05, 4.69) is 30.8 Å². The molecule has 0 bridgehead atoms. The second-order valence-corrected chi connectivity index (χ2v) is 9.05. The van der Waals surface area contributed by atoms with Crippen molar-refractivity contribution in [1.82, 2.24) is 14.9 Å². The van der Waals surface area contributed by atoms with Crippen LogP contribution in [0.25, 0.3) is 0 Å². The van der Waals surface area contributed by atoms with E-state index in [1.54, 1.807) is 12.1 Å². The van der Waals surface area contributed by atoms with E-state index in [1.807, 2.05) is 6.07 Å². The molecule has 1 unspecified atom stereocenters. The van der Waals surface area contributed by atoms with Gasteiger partial charge in [-0.05, 0) is 55.2 Å². The van der Waals surface area contributed by atoms with Gasteiger partial charge in [-0.15, -0.1) is 0 Å². The summed E-state index contributed by atoms with van der Waals surface area (Å²) in [6, 6.07) is 5.99. The largest absolute Gasteiger partial charge is 0.334 e. The molecule has 2 heterocycles. The molecule has 1 aliphatic heterocycles. The summed E-state index contributed by atoms with van der Waals surface area (Å²) in [5.74, 6) is 0.294.